The maximum Gasteiger partial charge on any atom is 0.141 e. The number of rotatable bonds is 4. The first kappa shape index (κ1) is 13.6. The fourth-order valence-electron chi connectivity index (χ4n) is 1.64. The van der Waals surface area contributed by atoms with Crippen molar-refractivity contribution in [2.24, 2.45) is 0 Å². The van der Waals surface area contributed by atoms with Crippen LogP contribution >= 0.6 is 11.6 Å². The van der Waals surface area contributed by atoms with E-state index in [0.717, 1.165) is 0 Å². The second-order valence-corrected chi connectivity index (χ2v) is 4.39. The third kappa shape index (κ3) is 3.15. The molecule has 0 aliphatic rings. The van der Waals surface area contributed by atoms with Crippen LogP contribution in [0.4, 0.5) is 4.39 Å². The first-order chi connectivity index (χ1) is 9.11. The minimum atomic E-state index is -0.421. The van der Waals surface area contributed by atoms with Crippen LogP contribution in [0.1, 0.15) is 18.2 Å². The summed E-state index contributed by atoms with van der Waals surface area (Å²) in [5.41, 5.74) is 0.875. The molecule has 0 spiro atoms. The average Bonchev–Trinajstić information content (AvgIpc) is 2.38. The normalized spacial score (nSPS) is 10.5. The Kier molecular flexibility index (Phi) is 4.22. The minimum Gasteiger partial charge on any atom is -0.506 e. The monoisotopic (exact) mass is 281 g/mol. The first-order valence-electron chi connectivity index (χ1n) is 5.85. The maximum atomic E-state index is 13.5. The van der Waals surface area contributed by atoms with E-state index >= 15 is 0 Å². The summed E-state index contributed by atoms with van der Waals surface area (Å²) in [5, 5.41) is 9.96. The standard InChI is InChI=1S/C14H13ClFNO2/c1-2-13-14(18)6-9(7-17-13)19-8-10-11(15)4-3-5-12(10)16/h3-7,18H,2,8H2,1H3. The van der Waals surface area contributed by atoms with Gasteiger partial charge in [-0.15, -0.1) is 0 Å². The van der Waals surface area contributed by atoms with Gasteiger partial charge in [-0.2, -0.15) is 0 Å². The predicted octanol–water partition coefficient (Wildman–Crippen LogP) is 3.72. The zero-order chi connectivity index (χ0) is 13.8. The number of hydrogen-bond donors (Lipinski definition) is 1. The van der Waals surface area contributed by atoms with Crippen molar-refractivity contribution in [1.82, 2.24) is 4.98 Å². The summed E-state index contributed by atoms with van der Waals surface area (Å²) in [4.78, 5) is 4.05. The summed E-state index contributed by atoms with van der Waals surface area (Å²) in [5.74, 6) is 0.0171. The van der Waals surface area contributed by atoms with Crippen LogP contribution in [0.15, 0.2) is 30.5 Å². The summed E-state index contributed by atoms with van der Waals surface area (Å²) in [6, 6.07) is 5.91. The second-order valence-electron chi connectivity index (χ2n) is 3.98. The molecule has 0 saturated carbocycles. The number of aromatic hydroxyl groups is 1. The third-order valence-corrected chi connectivity index (χ3v) is 3.06. The maximum absolute atomic E-state index is 13.5. The Bertz CT molecular complexity index is 569. The van der Waals surface area contributed by atoms with Crippen molar-refractivity contribution >= 4 is 11.6 Å². The molecule has 0 amide bonds. The van der Waals surface area contributed by atoms with E-state index in [2.05, 4.69) is 4.98 Å². The molecule has 2 rings (SSSR count). The molecule has 0 aliphatic heterocycles. The van der Waals surface area contributed by atoms with Gasteiger partial charge < -0.3 is 9.84 Å². The van der Waals surface area contributed by atoms with Crippen molar-refractivity contribution in [3.8, 4) is 11.5 Å². The van der Waals surface area contributed by atoms with Crippen molar-refractivity contribution in [3.63, 3.8) is 0 Å². The number of halogens is 2. The largest absolute Gasteiger partial charge is 0.506 e. The Morgan fingerprint density at radius 2 is 2.21 bits per heavy atom. The van der Waals surface area contributed by atoms with Gasteiger partial charge in [0.05, 0.1) is 16.9 Å². The zero-order valence-corrected chi connectivity index (χ0v) is 11.1. The Labute approximate surface area is 115 Å². The molecule has 0 bridgehead atoms. The van der Waals surface area contributed by atoms with E-state index in [4.69, 9.17) is 16.3 Å². The van der Waals surface area contributed by atoms with Crippen molar-refractivity contribution in [2.45, 2.75) is 20.0 Å². The molecule has 1 aromatic heterocycles. The number of benzene rings is 1. The molecule has 0 aliphatic carbocycles. The van der Waals surface area contributed by atoms with E-state index in [9.17, 15) is 9.50 Å². The fraction of sp³-hybridized carbons (Fsp3) is 0.214. The van der Waals surface area contributed by atoms with Gasteiger partial charge in [-0.25, -0.2) is 4.39 Å². The van der Waals surface area contributed by atoms with Crippen molar-refractivity contribution in [1.29, 1.82) is 0 Å². The lowest BCUT2D eigenvalue weighted by atomic mass is 10.2. The number of ether oxygens (including phenoxy) is 1. The summed E-state index contributed by atoms with van der Waals surface area (Å²) in [7, 11) is 0. The van der Waals surface area contributed by atoms with Gasteiger partial charge in [-0.05, 0) is 18.6 Å². The van der Waals surface area contributed by atoms with Crippen LogP contribution < -0.4 is 4.74 Å². The van der Waals surface area contributed by atoms with Crippen LogP contribution in [0.5, 0.6) is 11.5 Å². The van der Waals surface area contributed by atoms with Crippen LogP contribution in [-0.2, 0) is 13.0 Å². The number of pyridine rings is 1. The molecule has 0 fully saturated rings. The highest BCUT2D eigenvalue weighted by Gasteiger charge is 2.09. The van der Waals surface area contributed by atoms with E-state index < -0.39 is 5.82 Å². The third-order valence-electron chi connectivity index (χ3n) is 2.70. The molecule has 3 nitrogen and oxygen atoms in total. The van der Waals surface area contributed by atoms with Gasteiger partial charge in [0.25, 0.3) is 0 Å². The number of aromatic nitrogens is 1. The molecule has 19 heavy (non-hydrogen) atoms. The topological polar surface area (TPSA) is 42.4 Å². The van der Waals surface area contributed by atoms with Gasteiger partial charge in [0.1, 0.15) is 23.9 Å². The summed E-state index contributed by atoms with van der Waals surface area (Å²) in [6.45, 7) is 1.87. The lowest BCUT2D eigenvalue weighted by Gasteiger charge is -2.09. The summed E-state index contributed by atoms with van der Waals surface area (Å²) >= 11 is 5.89. The molecule has 0 atom stereocenters. The van der Waals surface area contributed by atoms with Crippen molar-refractivity contribution < 1.29 is 14.2 Å². The molecule has 2 aromatic rings. The van der Waals surface area contributed by atoms with Crippen LogP contribution in [0, 0.1) is 5.82 Å². The van der Waals surface area contributed by atoms with Gasteiger partial charge in [-0.3, -0.25) is 4.98 Å². The van der Waals surface area contributed by atoms with E-state index in [1.807, 2.05) is 6.92 Å². The Hall–Kier alpha value is -1.81. The zero-order valence-electron chi connectivity index (χ0n) is 10.4. The Balaban J connectivity index is 2.13. The fourth-order valence-corrected chi connectivity index (χ4v) is 1.86. The predicted molar refractivity (Wildman–Crippen MR) is 71.0 cm³/mol. The van der Waals surface area contributed by atoms with Gasteiger partial charge in [0.2, 0.25) is 0 Å². The van der Waals surface area contributed by atoms with E-state index in [1.54, 1.807) is 6.07 Å². The van der Waals surface area contributed by atoms with Gasteiger partial charge in [-0.1, -0.05) is 24.6 Å². The minimum absolute atomic E-state index is 0.0158. The molecule has 5 heteroatoms. The molecular formula is C14H13ClFNO2. The Morgan fingerprint density at radius 3 is 2.84 bits per heavy atom. The van der Waals surface area contributed by atoms with E-state index in [1.165, 1.54) is 24.4 Å². The van der Waals surface area contributed by atoms with E-state index in [0.29, 0.717) is 22.9 Å². The van der Waals surface area contributed by atoms with Gasteiger partial charge in [0, 0.05) is 11.6 Å². The molecule has 0 saturated heterocycles. The van der Waals surface area contributed by atoms with Crippen LogP contribution in [0.25, 0.3) is 0 Å². The van der Waals surface area contributed by atoms with E-state index in [-0.39, 0.29) is 17.9 Å². The highest BCUT2D eigenvalue weighted by Crippen LogP contribution is 2.24. The lowest BCUT2D eigenvalue weighted by Crippen LogP contribution is -2.00. The molecule has 1 heterocycles. The Morgan fingerprint density at radius 1 is 1.42 bits per heavy atom. The van der Waals surface area contributed by atoms with Crippen molar-refractivity contribution in [3.05, 3.63) is 52.6 Å². The number of aryl methyl sites for hydroxylation is 1. The van der Waals surface area contributed by atoms with Crippen LogP contribution in [0.2, 0.25) is 5.02 Å². The molecule has 100 valence electrons. The SMILES string of the molecule is CCc1ncc(OCc2c(F)cccc2Cl)cc1O. The van der Waals surface area contributed by atoms with Gasteiger partial charge >= 0.3 is 0 Å². The van der Waals surface area contributed by atoms with Crippen LogP contribution in [-0.4, -0.2) is 10.1 Å². The molecule has 0 radical (unpaired) electrons. The first-order valence-corrected chi connectivity index (χ1v) is 6.23. The smallest absolute Gasteiger partial charge is 0.141 e. The highest BCUT2D eigenvalue weighted by molar-refractivity contribution is 6.31. The molecule has 1 N–H and O–H groups in total. The summed E-state index contributed by atoms with van der Waals surface area (Å²) in [6.07, 6.45) is 2.12. The highest BCUT2D eigenvalue weighted by atomic mass is 35.5. The number of nitrogens with zero attached hydrogens (tertiary/aromatic N) is 1. The lowest BCUT2D eigenvalue weighted by molar-refractivity contribution is 0.296. The quantitative estimate of drug-likeness (QED) is 0.929. The second kappa shape index (κ2) is 5.89. The van der Waals surface area contributed by atoms with Crippen molar-refractivity contribution in [2.75, 3.05) is 0 Å². The molecule has 1 aromatic carbocycles. The average molecular weight is 282 g/mol. The molecular weight excluding hydrogens is 269 g/mol. The van der Waals surface area contributed by atoms with Gasteiger partial charge in [0.15, 0.2) is 0 Å². The molecule has 0 unspecified atom stereocenters. The van der Waals surface area contributed by atoms with Crippen LogP contribution in [0.3, 0.4) is 0 Å². The number of hydrogen-bond acceptors (Lipinski definition) is 3. The summed E-state index contributed by atoms with van der Waals surface area (Å²) < 4.78 is 18.9.